The molecular weight excluding hydrogens is 244 g/mol. The molecule has 0 aromatic carbocycles. The summed E-state index contributed by atoms with van der Waals surface area (Å²) in [6.07, 6.45) is 8.08. The second-order valence-corrected chi connectivity index (χ2v) is 7.72. The molecule has 0 aromatic heterocycles. The maximum Gasteiger partial charge on any atom is 0.504 e. The van der Waals surface area contributed by atoms with Crippen molar-refractivity contribution in [2.45, 2.75) is 52.5 Å². The lowest BCUT2D eigenvalue weighted by atomic mass is 9.92. The zero-order valence-corrected chi connectivity index (χ0v) is 13.3. The zero-order chi connectivity index (χ0) is 13.4. The van der Waals surface area contributed by atoms with Gasteiger partial charge in [-0.05, 0) is 46.0 Å². The Labute approximate surface area is 113 Å². The summed E-state index contributed by atoms with van der Waals surface area (Å²) in [5.74, 6) is 0.631. The van der Waals surface area contributed by atoms with E-state index in [1.54, 1.807) is 0 Å². The molecular formula is C14H28O3Si. The quantitative estimate of drug-likeness (QED) is 0.497. The van der Waals surface area contributed by atoms with Crippen molar-refractivity contribution in [1.82, 2.24) is 0 Å². The molecule has 0 spiro atoms. The number of allylic oxidation sites excluding steroid dienone is 2. The monoisotopic (exact) mass is 272 g/mol. The summed E-state index contributed by atoms with van der Waals surface area (Å²) >= 11 is 0. The third-order valence-electron chi connectivity index (χ3n) is 3.61. The predicted molar refractivity (Wildman–Crippen MR) is 76.5 cm³/mol. The molecule has 0 N–H and O–H groups in total. The maximum absolute atomic E-state index is 6.00. The molecule has 3 nitrogen and oxygen atoms in total. The van der Waals surface area contributed by atoms with Crippen molar-refractivity contribution in [2.24, 2.45) is 5.92 Å². The SMILES string of the molecule is CCO[Si](OCC)(OCC)C(C)C1CC=CCC1. The summed E-state index contributed by atoms with van der Waals surface area (Å²) in [5, 5.41) is 0. The summed E-state index contributed by atoms with van der Waals surface area (Å²) < 4.78 is 18.0. The molecule has 0 saturated heterocycles. The van der Waals surface area contributed by atoms with Gasteiger partial charge in [-0.3, -0.25) is 0 Å². The highest BCUT2D eigenvalue weighted by Gasteiger charge is 2.49. The van der Waals surface area contributed by atoms with Crippen LogP contribution in [0.25, 0.3) is 0 Å². The van der Waals surface area contributed by atoms with Gasteiger partial charge in [0, 0.05) is 25.4 Å². The van der Waals surface area contributed by atoms with E-state index in [9.17, 15) is 0 Å². The molecule has 4 heteroatoms. The van der Waals surface area contributed by atoms with Gasteiger partial charge in [-0.1, -0.05) is 19.1 Å². The van der Waals surface area contributed by atoms with E-state index in [0.717, 1.165) is 6.42 Å². The van der Waals surface area contributed by atoms with Crippen LogP contribution in [0.1, 0.15) is 47.0 Å². The molecule has 0 amide bonds. The minimum atomic E-state index is -2.52. The molecule has 0 aliphatic heterocycles. The average molecular weight is 272 g/mol. The van der Waals surface area contributed by atoms with E-state index in [2.05, 4.69) is 19.1 Å². The molecule has 18 heavy (non-hydrogen) atoms. The molecule has 1 aliphatic carbocycles. The van der Waals surface area contributed by atoms with E-state index in [4.69, 9.17) is 13.3 Å². The van der Waals surface area contributed by atoms with Crippen LogP contribution < -0.4 is 0 Å². The van der Waals surface area contributed by atoms with Crippen LogP contribution in [-0.4, -0.2) is 28.6 Å². The summed E-state index contributed by atoms with van der Waals surface area (Å²) in [5.41, 5.74) is 0.377. The lowest BCUT2D eigenvalue weighted by Crippen LogP contribution is -2.51. The Kier molecular flexibility index (Phi) is 7.15. The molecule has 0 heterocycles. The van der Waals surface area contributed by atoms with Crippen molar-refractivity contribution in [3.63, 3.8) is 0 Å². The van der Waals surface area contributed by atoms with Crippen LogP contribution in [-0.2, 0) is 13.3 Å². The minimum absolute atomic E-state index is 0.377. The van der Waals surface area contributed by atoms with E-state index >= 15 is 0 Å². The van der Waals surface area contributed by atoms with Crippen LogP contribution in [0.15, 0.2) is 12.2 Å². The van der Waals surface area contributed by atoms with Gasteiger partial charge < -0.3 is 13.3 Å². The van der Waals surface area contributed by atoms with Gasteiger partial charge in [0.05, 0.1) is 0 Å². The first kappa shape index (κ1) is 15.9. The third kappa shape index (κ3) is 3.92. The normalized spacial score (nSPS) is 22.1. The Bertz CT molecular complexity index is 238. The Morgan fingerprint density at radius 3 is 2.00 bits per heavy atom. The summed E-state index contributed by atoms with van der Waals surface area (Å²) in [6.45, 7) is 10.3. The highest BCUT2D eigenvalue weighted by molar-refractivity contribution is 6.62. The highest BCUT2D eigenvalue weighted by Crippen LogP contribution is 2.38. The van der Waals surface area contributed by atoms with Gasteiger partial charge in [0.15, 0.2) is 0 Å². The van der Waals surface area contributed by atoms with E-state index in [-0.39, 0.29) is 0 Å². The highest BCUT2D eigenvalue weighted by atomic mass is 28.4. The number of rotatable bonds is 8. The number of hydrogen-bond donors (Lipinski definition) is 0. The average Bonchev–Trinajstić information content (AvgIpc) is 2.39. The molecule has 0 bridgehead atoms. The van der Waals surface area contributed by atoms with Crippen LogP contribution >= 0.6 is 0 Å². The van der Waals surface area contributed by atoms with E-state index in [0.29, 0.717) is 31.3 Å². The second kappa shape index (κ2) is 8.10. The lowest BCUT2D eigenvalue weighted by Gasteiger charge is -2.37. The van der Waals surface area contributed by atoms with Crippen molar-refractivity contribution < 1.29 is 13.3 Å². The Morgan fingerprint density at radius 1 is 1.06 bits per heavy atom. The topological polar surface area (TPSA) is 27.7 Å². The second-order valence-electron chi connectivity index (χ2n) is 4.74. The Hall–Kier alpha value is -0.163. The number of hydrogen-bond acceptors (Lipinski definition) is 3. The van der Waals surface area contributed by atoms with E-state index < -0.39 is 8.80 Å². The molecule has 2 unspecified atom stereocenters. The van der Waals surface area contributed by atoms with Gasteiger partial charge in [0.1, 0.15) is 0 Å². The fourth-order valence-electron chi connectivity index (χ4n) is 2.68. The fraction of sp³-hybridized carbons (Fsp3) is 0.857. The van der Waals surface area contributed by atoms with Crippen LogP contribution in [0.2, 0.25) is 5.54 Å². The largest absolute Gasteiger partial charge is 0.504 e. The van der Waals surface area contributed by atoms with Crippen LogP contribution in [0, 0.1) is 5.92 Å². The first-order chi connectivity index (χ1) is 8.70. The first-order valence-corrected chi connectivity index (χ1v) is 9.07. The zero-order valence-electron chi connectivity index (χ0n) is 12.3. The Balaban J connectivity index is 2.80. The van der Waals surface area contributed by atoms with Gasteiger partial charge in [0.25, 0.3) is 0 Å². The summed E-state index contributed by atoms with van der Waals surface area (Å²) in [4.78, 5) is 0. The van der Waals surface area contributed by atoms with Gasteiger partial charge in [-0.15, -0.1) is 0 Å². The Morgan fingerprint density at radius 2 is 1.61 bits per heavy atom. The summed E-state index contributed by atoms with van der Waals surface area (Å²) in [6, 6.07) is 0. The fourth-order valence-corrected chi connectivity index (χ4v) is 5.81. The van der Waals surface area contributed by atoms with Crippen molar-refractivity contribution in [3.8, 4) is 0 Å². The van der Waals surface area contributed by atoms with E-state index in [1.807, 2.05) is 20.8 Å². The van der Waals surface area contributed by atoms with Crippen LogP contribution in [0.3, 0.4) is 0 Å². The molecule has 1 rings (SSSR count). The molecule has 0 aromatic rings. The standard InChI is InChI=1S/C14H28O3Si/c1-5-15-18(16-6-2,17-7-3)13(4)14-11-9-8-10-12-14/h8-9,13-14H,5-7,10-12H2,1-4H3. The maximum atomic E-state index is 6.00. The molecule has 0 fully saturated rings. The molecule has 106 valence electrons. The molecule has 1 aliphatic rings. The van der Waals surface area contributed by atoms with Gasteiger partial charge >= 0.3 is 8.80 Å². The van der Waals surface area contributed by atoms with Crippen molar-refractivity contribution in [1.29, 1.82) is 0 Å². The van der Waals surface area contributed by atoms with Crippen LogP contribution in [0.5, 0.6) is 0 Å². The van der Waals surface area contributed by atoms with E-state index in [1.165, 1.54) is 12.8 Å². The smallest absolute Gasteiger partial charge is 0.374 e. The van der Waals surface area contributed by atoms with Gasteiger partial charge in [-0.2, -0.15) is 0 Å². The van der Waals surface area contributed by atoms with Gasteiger partial charge in [0.2, 0.25) is 0 Å². The predicted octanol–water partition coefficient (Wildman–Crippen LogP) is 3.78. The van der Waals surface area contributed by atoms with Crippen molar-refractivity contribution in [3.05, 3.63) is 12.2 Å². The van der Waals surface area contributed by atoms with Gasteiger partial charge in [-0.25, -0.2) is 0 Å². The minimum Gasteiger partial charge on any atom is -0.374 e. The lowest BCUT2D eigenvalue weighted by molar-refractivity contribution is 0.0549. The molecule has 0 radical (unpaired) electrons. The molecule has 2 atom stereocenters. The first-order valence-electron chi connectivity index (χ1n) is 7.27. The summed E-state index contributed by atoms with van der Waals surface area (Å²) in [7, 11) is -2.52. The van der Waals surface area contributed by atoms with Crippen molar-refractivity contribution >= 4 is 8.80 Å². The van der Waals surface area contributed by atoms with Crippen molar-refractivity contribution in [2.75, 3.05) is 19.8 Å². The molecule has 0 saturated carbocycles. The third-order valence-corrected chi connectivity index (χ3v) is 7.27. The van der Waals surface area contributed by atoms with Crippen LogP contribution in [0.4, 0.5) is 0 Å².